The van der Waals surface area contributed by atoms with E-state index in [4.69, 9.17) is 9.72 Å². The first-order valence-electron chi connectivity index (χ1n) is 14.2. The lowest BCUT2D eigenvalue weighted by Crippen LogP contribution is -2.52. The molecule has 7 rings (SSSR count). The fraction of sp³-hybridized carbons (Fsp3) is 0.433. The molecule has 0 aliphatic carbocycles. The zero-order chi connectivity index (χ0) is 28.3. The number of phenolic OH excluding ortho intramolecular Hbond substituents is 1. The molecule has 5 heterocycles. The third-order valence-electron chi connectivity index (χ3n) is 8.04. The second kappa shape index (κ2) is 11.8. The number of phenols is 1. The van der Waals surface area contributed by atoms with Crippen LogP contribution in [-0.2, 0) is 27.4 Å². The molecular formula is C30H34N6O5. The van der Waals surface area contributed by atoms with Crippen LogP contribution in [0.1, 0.15) is 47.2 Å². The van der Waals surface area contributed by atoms with Crippen LogP contribution in [0.15, 0.2) is 42.6 Å². The van der Waals surface area contributed by atoms with Crippen LogP contribution in [0.2, 0.25) is 0 Å². The maximum absolute atomic E-state index is 12.2. The molecule has 4 aliphatic heterocycles. The minimum atomic E-state index is -0.611. The van der Waals surface area contributed by atoms with E-state index < -0.39 is 11.9 Å². The first kappa shape index (κ1) is 27.1. The number of anilines is 1. The highest BCUT2D eigenvalue weighted by Gasteiger charge is 2.39. The van der Waals surface area contributed by atoms with Crippen LogP contribution in [-0.4, -0.2) is 88.0 Å². The summed E-state index contributed by atoms with van der Waals surface area (Å²) in [6.07, 6.45) is 5.21. The van der Waals surface area contributed by atoms with Gasteiger partial charge in [-0.1, -0.05) is 6.07 Å². The predicted molar refractivity (Wildman–Crippen MR) is 151 cm³/mol. The first-order chi connectivity index (χ1) is 19.9. The number of amides is 3. The average Bonchev–Trinajstić information content (AvgIpc) is 3.61. The van der Waals surface area contributed by atoms with Gasteiger partial charge >= 0.3 is 0 Å². The van der Waals surface area contributed by atoms with E-state index in [1.165, 1.54) is 48.5 Å². The quantitative estimate of drug-likeness (QED) is 0.463. The number of ether oxygens (including phenoxy) is 1. The SMILES string of the molecule is O=C1CCC(N2Cc3cc(O)ccc3C2=O)C(=O)N1.c1cc2nc(N3CCOCC3)ncc2cc1CN1CCCC1. The molecule has 11 nitrogen and oxygen atoms in total. The number of carbonyl (C=O) groups excluding carboxylic acids is 3. The highest BCUT2D eigenvalue weighted by atomic mass is 16.5. The maximum atomic E-state index is 12.2. The zero-order valence-corrected chi connectivity index (χ0v) is 22.9. The van der Waals surface area contributed by atoms with Gasteiger partial charge in [0, 0.05) is 49.7 Å². The number of nitrogens with zero attached hydrogens (tertiary/aromatic N) is 5. The van der Waals surface area contributed by atoms with Gasteiger partial charge in [-0.3, -0.25) is 24.6 Å². The van der Waals surface area contributed by atoms with E-state index in [-0.39, 0.29) is 30.5 Å². The van der Waals surface area contributed by atoms with Crippen molar-refractivity contribution in [1.82, 2.24) is 25.1 Å². The third-order valence-corrected chi connectivity index (χ3v) is 8.04. The average molecular weight is 559 g/mol. The number of nitrogens with one attached hydrogen (secondary N) is 1. The van der Waals surface area contributed by atoms with E-state index in [1.54, 1.807) is 6.07 Å². The van der Waals surface area contributed by atoms with Gasteiger partial charge in [0.25, 0.3) is 5.91 Å². The summed E-state index contributed by atoms with van der Waals surface area (Å²) in [5, 5.41) is 12.8. The Morgan fingerprint density at radius 2 is 1.80 bits per heavy atom. The molecule has 0 radical (unpaired) electrons. The molecule has 1 atom stereocenters. The summed E-state index contributed by atoms with van der Waals surface area (Å²) in [6, 6.07) is 10.5. The molecule has 0 spiro atoms. The molecule has 214 valence electrons. The molecule has 3 fully saturated rings. The van der Waals surface area contributed by atoms with Crippen LogP contribution in [0, 0.1) is 0 Å². The molecule has 0 bridgehead atoms. The minimum absolute atomic E-state index is 0.0941. The molecule has 3 aromatic rings. The standard InChI is InChI=1S/C17H22N4O.C13H12N2O4/c1-2-6-20(5-1)13-14-3-4-16-15(11-14)12-18-17(19-16)21-7-9-22-10-8-21;16-8-1-2-9-7(5-8)6-15(13(9)19)10-3-4-11(17)14-12(10)18/h3-4,11-12H,1-2,5-10,13H2;1-2,5,10,16H,3-4,6H2,(H,14,17,18). The van der Waals surface area contributed by atoms with E-state index in [0.717, 1.165) is 49.7 Å². The number of benzene rings is 2. The number of morpholine rings is 1. The van der Waals surface area contributed by atoms with Crippen LogP contribution in [0.4, 0.5) is 5.95 Å². The lowest BCUT2D eigenvalue weighted by molar-refractivity contribution is -0.136. The van der Waals surface area contributed by atoms with Crippen molar-refractivity contribution in [2.75, 3.05) is 44.3 Å². The summed E-state index contributed by atoms with van der Waals surface area (Å²) >= 11 is 0. The molecule has 0 saturated carbocycles. The van der Waals surface area contributed by atoms with E-state index in [0.29, 0.717) is 17.5 Å². The van der Waals surface area contributed by atoms with Crippen molar-refractivity contribution >= 4 is 34.6 Å². The molecule has 1 aromatic heterocycles. The van der Waals surface area contributed by atoms with Crippen LogP contribution < -0.4 is 10.2 Å². The van der Waals surface area contributed by atoms with Gasteiger partial charge in [-0.25, -0.2) is 9.97 Å². The molecule has 11 heteroatoms. The Labute approximate surface area is 238 Å². The number of fused-ring (bicyclic) bond motifs is 2. The van der Waals surface area contributed by atoms with Crippen LogP contribution in [0.25, 0.3) is 10.9 Å². The molecular weight excluding hydrogens is 524 g/mol. The summed E-state index contributed by atoms with van der Waals surface area (Å²) in [6.45, 7) is 7.05. The van der Waals surface area contributed by atoms with Crippen LogP contribution in [0.5, 0.6) is 5.75 Å². The van der Waals surface area contributed by atoms with E-state index in [9.17, 15) is 19.5 Å². The van der Waals surface area contributed by atoms with Gasteiger partial charge < -0.3 is 19.6 Å². The van der Waals surface area contributed by atoms with Crippen molar-refractivity contribution in [3.05, 3.63) is 59.3 Å². The Balaban J connectivity index is 0.000000149. The van der Waals surface area contributed by atoms with Crippen LogP contribution >= 0.6 is 0 Å². The van der Waals surface area contributed by atoms with Gasteiger partial charge in [-0.2, -0.15) is 0 Å². The topological polar surface area (TPSA) is 128 Å². The fourth-order valence-corrected chi connectivity index (χ4v) is 5.85. The predicted octanol–water partition coefficient (Wildman–Crippen LogP) is 2.22. The third kappa shape index (κ3) is 6.01. The Morgan fingerprint density at radius 3 is 2.59 bits per heavy atom. The summed E-state index contributed by atoms with van der Waals surface area (Å²) in [7, 11) is 0. The maximum Gasteiger partial charge on any atom is 0.255 e. The lowest BCUT2D eigenvalue weighted by atomic mass is 10.0. The molecule has 2 N–H and O–H groups in total. The highest BCUT2D eigenvalue weighted by molar-refractivity contribution is 6.05. The molecule has 4 aliphatic rings. The fourth-order valence-electron chi connectivity index (χ4n) is 5.85. The van der Waals surface area contributed by atoms with Gasteiger partial charge in [0.05, 0.1) is 18.7 Å². The van der Waals surface area contributed by atoms with E-state index >= 15 is 0 Å². The van der Waals surface area contributed by atoms with Gasteiger partial charge in [0.1, 0.15) is 11.8 Å². The second-order valence-electron chi connectivity index (χ2n) is 10.9. The number of likely N-dealkylation sites (tertiary alicyclic amines) is 1. The summed E-state index contributed by atoms with van der Waals surface area (Å²) in [5.74, 6) is -0.0473. The number of aromatic nitrogens is 2. The number of imide groups is 1. The summed E-state index contributed by atoms with van der Waals surface area (Å²) in [4.78, 5) is 50.5. The Kier molecular flexibility index (Phi) is 7.80. The zero-order valence-electron chi connectivity index (χ0n) is 22.9. The Morgan fingerprint density at radius 1 is 1.00 bits per heavy atom. The molecule has 2 aromatic carbocycles. The Hall–Kier alpha value is -4.09. The van der Waals surface area contributed by atoms with Crippen molar-refractivity contribution < 1.29 is 24.2 Å². The smallest absolute Gasteiger partial charge is 0.255 e. The second-order valence-corrected chi connectivity index (χ2v) is 10.9. The van der Waals surface area contributed by atoms with Crippen molar-refractivity contribution in [2.24, 2.45) is 0 Å². The van der Waals surface area contributed by atoms with Crippen molar-refractivity contribution in [2.45, 2.75) is 44.8 Å². The first-order valence-corrected chi connectivity index (χ1v) is 14.2. The van der Waals surface area contributed by atoms with Crippen molar-refractivity contribution in [3.8, 4) is 5.75 Å². The van der Waals surface area contributed by atoms with Gasteiger partial charge in [0.15, 0.2) is 0 Å². The molecule has 3 amide bonds. The number of rotatable bonds is 4. The monoisotopic (exact) mass is 558 g/mol. The van der Waals surface area contributed by atoms with Gasteiger partial charge in [-0.15, -0.1) is 0 Å². The highest BCUT2D eigenvalue weighted by Crippen LogP contribution is 2.29. The molecule has 1 unspecified atom stereocenters. The van der Waals surface area contributed by atoms with Crippen molar-refractivity contribution in [1.29, 1.82) is 0 Å². The summed E-state index contributed by atoms with van der Waals surface area (Å²) in [5.41, 5.74) is 3.59. The lowest BCUT2D eigenvalue weighted by Gasteiger charge is -2.29. The number of hydrogen-bond donors (Lipinski definition) is 2. The van der Waals surface area contributed by atoms with Gasteiger partial charge in [0.2, 0.25) is 17.8 Å². The number of piperidine rings is 1. The Bertz CT molecular complexity index is 1470. The van der Waals surface area contributed by atoms with E-state index in [2.05, 4.69) is 38.3 Å². The largest absolute Gasteiger partial charge is 0.508 e. The number of hydrogen-bond acceptors (Lipinski definition) is 9. The van der Waals surface area contributed by atoms with Crippen molar-refractivity contribution in [3.63, 3.8) is 0 Å². The van der Waals surface area contributed by atoms with Crippen LogP contribution in [0.3, 0.4) is 0 Å². The number of carbonyl (C=O) groups is 3. The molecule has 41 heavy (non-hydrogen) atoms. The van der Waals surface area contributed by atoms with Gasteiger partial charge in [-0.05, 0) is 73.8 Å². The number of aromatic hydroxyl groups is 1. The van der Waals surface area contributed by atoms with E-state index in [1.807, 2.05) is 6.20 Å². The molecule has 3 saturated heterocycles. The normalized spacial score (nSPS) is 21.1. The summed E-state index contributed by atoms with van der Waals surface area (Å²) < 4.78 is 5.39. The minimum Gasteiger partial charge on any atom is -0.508 e.